The topological polar surface area (TPSA) is 29.1 Å². The fourth-order valence-electron chi connectivity index (χ4n) is 1.44. The van der Waals surface area contributed by atoms with E-state index in [1.54, 1.807) is 0 Å². The molecular formula is C14H20BrNO. The number of rotatable bonds is 4. The standard InChI is InChI=1S/C14H20BrNO/c1-14(2,3)13(17)16-12(10-15)9-11-7-5-4-6-8-11/h4-8,12H,9-10H2,1-3H3,(H,16,17). The van der Waals surface area contributed by atoms with Crippen LogP contribution < -0.4 is 5.32 Å². The Kier molecular flexibility index (Phi) is 5.19. The summed E-state index contributed by atoms with van der Waals surface area (Å²) in [5, 5.41) is 3.84. The summed E-state index contributed by atoms with van der Waals surface area (Å²) in [6.07, 6.45) is 0.855. The maximum Gasteiger partial charge on any atom is 0.225 e. The highest BCUT2D eigenvalue weighted by atomic mass is 79.9. The van der Waals surface area contributed by atoms with Crippen molar-refractivity contribution in [3.8, 4) is 0 Å². The van der Waals surface area contributed by atoms with Crippen molar-refractivity contribution < 1.29 is 4.79 Å². The minimum absolute atomic E-state index is 0.0953. The molecule has 0 aliphatic carbocycles. The van der Waals surface area contributed by atoms with E-state index in [0.29, 0.717) is 0 Å². The van der Waals surface area contributed by atoms with Crippen molar-refractivity contribution in [2.24, 2.45) is 5.41 Å². The number of hydrogen-bond acceptors (Lipinski definition) is 1. The molecule has 17 heavy (non-hydrogen) atoms. The zero-order valence-electron chi connectivity index (χ0n) is 10.7. The predicted octanol–water partition coefficient (Wildman–Crippen LogP) is 3.15. The molecule has 1 rings (SSSR count). The molecule has 0 radical (unpaired) electrons. The van der Waals surface area contributed by atoms with Crippen molar-refractivity contribution in [1.82, 2.24) is 5.32 Å². The van der Waals surface area contributed by atoms with Crippen LogP contribution in [-0.4, -0.2) is 17.3 Å². The summed E-state index contributed by atoms with van der Waals surface area (Å²) < 4.78 is 0. The van der Waals surface area contributed by atoms with E-state index in [2.05, 4.69) is 33.4 Å². The van der Waals surface area contributed by atoms with Crippen LogP contribution in [0.25, 0.3) is 0 Å². The summed E-state index contributed by atoms with van der Waals surface area (Å²) in [4.78, 5) is 11.9. The van der Waals surface area contributed by atoms with Crippen LogP contribution in [0.4, 0.5) is 0 Å². The molecule has 1 amide bonds. The van der Waals surface area contributed by atoms with E-state index in [0.717, 1.165) is 11.8 Å². The third kappa shape index (κ3) is 4.90. The number of benzene rings is 1. The van der Waals surface area contributed by atoms with Gasteiger partial charge < -0.3 is 5.32 Å². The minimum Gasteiger partial charge on any atom is -0.352 e. The van der Waals surface area contributed by atoms with Gasteiger partial charge in [-0.2, -0.15) is 0 Å². The Morgan fingerprint density at radius 3 is 2.35 bits per heavy atom. The van der Waals surface area contributed by atoms with Crippen molar-refractivity contribution in [1.29, 1.82) is 0 Å². The average Bonchev–Trinajstić information content (AvgIpc) is 2.28. The molecular weight excluding hydrogens is 278 g/mol. The lowest BCUT2D eigenvalue weighted by molar-refractivity contribution is -0.129. The second-order valence-corrected chi connectivity index (χ2v) is 5.91. The van der Waals surface area contributed by atoms with Gasteiger partial charge in [-0.3, -0.25) is 4.79 Å². The van der Waals surface area contributed by atoms with Crippen LogP contribution in [0.5, 0.6) is 0 Å². The van der Waals surface area contributed by atoms with Crippen molar-refractivity contribution in [2.45, 2.75) is 33.2 Å². The van der Waals surface area contributed by atoms with Crippen molar-refractivity contribution in [2.75, 3.05) is 5.33 Å². The first-order chi connectivity index (χ1) is 7.93. The molecule has 0 bridgehead atoms. The quantitative estimate of drug-likeness (QED) is 0.850. The summed E-state index contributed by atoms with van der Waals surface area (Å²) in [6.45, 7) is 5.78. The molecule has 3 heteroatoms. The monoisotopic (exact) mass is 297 g/mol. The fraction of sp³-hybridized carbons (Fsp3) is 0.500. The van der Waals surface area contributed by atoms with Crippen molar-refractivity contribution in [3.63, 3.8) is 0 Å². The fourth-order valence-corrected chi connectivity index (χ4v) is 1.84. The van der Waals surface area contributed by atoms with Gasteiger partial charge in [0.1, 0.15) is 0 Å². The highest BCUT2D eigenvalue weighted by Gasteiger charge is 2.23. The first-order valence-corrected chi connectivity index (χ1v) is 6.96. The summed E-state index contributed by atoms with van der Waals surface area (Å²) in [7, 11) is 0. The van der Waals surface area contributed by atoms with Crippen LogP contribution in [0, 0.1) is 5.41 Å². The Morgan fingerprint density at radius 1 is 1.29 bits per heavy atom. The number of nitrogens with one attached hydrogen (secondary N) is 1. The Bertz CT molecular complexity index is 356. The molecule has 1 aromatic rings. The lowest BCUT2D eigenvalue weighted by atomic mass is 9.95. The summed E-state index contributed by atoms with van der Waals surface area (Å²) >= 11 is 3.45. The molecule has 0 aromatic heterocycles. The lowest BCUT2D eigenvalue weighted by Gasteiger charge is -2.23. The van der Waals surface area contributed by atoms with Gasteiger partial charge in [-0.1, -0.05) is 67.0 Å². The third-order valence-corrected chi connectivity index (χ3v) is 3.31. The van der Waals surface area contributed by atoms with E-state index in [1.165, 1.54) is 5.56 Å². The van der Waals surface area contributed by atoms with Gasteiger partial charge in [0.05, 0.1) is 0 Å². The molecule has 0 aliphatic rings. The number of amides is 1. The van der Waals surface area contributed by atoms with Gasteiger partial charge in [0.2, 0.25) is 5.91 Å². The molecule has 1 unspecified atom stereocenters. The average molecular weight is 298 g/mol. The predicted molar refractivity (Wildman–Crippen MR) is 75.3 cm³/mol. The molecule has 0 saturated heterocycles. The first-order valence-electron chi connectivity index (χ1n) is 5.84. The normalized spacial score (nSPS) is 13.2. The largest absolute Gasteiger partial charge is 0.352 e. The van der Waals surface area contributed by atoms with Gasteiger partial charge in [-0.15, -0.1) is 0 Å². The Hall–Kier alpha value is -0.830. The van der Waals surface area contributed by atoms with E-state index in [-0.39, 0.29) is 17.4 Å². The number of alkyl halides is 1. The maximum atomic E-state index is 11.9. The van der Waals surface area contributed by atoms with Gasteiger partial charge in [-0.25, -0.2) is 0 Å². The van der Waals surface area contributed by atoms with Gasteiger partial charge in [-0.05, 0) is 12.0 Å². The van der Waals surface area contributed by atoms with Crippen LogP contribution in [0.3, 0.4) is 0 Å². The van der Waals surface area contributed by atoms with E-state index >= 15 is 0 Å². The SMILES string of the molecule is CC(C)(C)C(=O)NC(CBr)Cc1ccccc1. The van der Waals surface area contributed by atoms with E-state index < -0.39 is 0 Å². The van der Waals surface area contributed by atoms with Crippen LogP contribution in [0.15, 0.2) is 30.3 Å². The summed E-state index contributed by atoms with van der Waals surface area (Å²) in [5.41, 5.74) is 0.906. The zero-order chi connectivity index (χ0) is 12.9. The smallest absolute Gasteiger partial charge is 0.225 e. The highest BCUT2D eigenvalue weighted by Crippen LogP contribution is 2.14. The van der Waals surface area contributed by atoms with Crippen molar-refractivity contribution >= 4 is 21.8 Å². The molecule has 1 N–H and O–H groups in total. The Morgan fingerprint density at radius 2 is 1.88 bits per heavy atom. The second kappa shape index (κ2) is 6.20. The van der Waals surface area contributed by atoms with Crippen LogP contribution in [0.1, 0.15) is 26.3 Å². The second-order valence-electron chi connectivity index (χ2n) is 5.26. The number of hydrogen-bond donors (Lipinski definition) is 1. The lowest BCUT2D eigenvalue weighted by Crippen LogP contribution is -2.43. The minimum atomic E-state index is -0.336. The number of halogens is 1. The molecule has 0 spiro atoms. The Labute approximate surface area is 112 Å². The summed E-state index contributed by atoms with van der Waals surface area (Å²) in [5.74, 6) is 0.0953. The van der Waals surface area contributed by atoms with E-state index in [1.807, 2.05) is 39.0 Å². The van der Waals surface area contributed by atoms with Crippen LogP contribution in [0.2, 0.25) is 0 Å². The van der Waals surface area contributed by atoms with Gasteiger partial charge in [0.25, 0.3) is 0 Å². The van der Waals surface area contributed by atoms with E-state index in [4.69, 9.17) is 0 Å². The molecule has 0 aliphatic heterocycles. The zero-order valence-corrected chi connectivity index (χ0v) is 12.3. The Balaban J connectivity index is 2.59. The van der Waals surface area contributed by atoms with Crippen molar-refractivity contribution in [3.05, 3.63) is 35.9 Å². The first kappa shape index (κ1) is 14.2. The molecule has 0 heterocycles. The van der Waals surface area contributed by atoms with Gasteiger partial charge in [0, 0.05) is 16.8 Å². The summed E-state index contributed by atoms with van der Waals surface area (Å²) in [6, 6.07) is 10.3. The molecule has 0 saturated carbocycles. The van der Waals surface area contributed by atoms with Crippen LogP contribution >= 0.6 is 15.9 Å². The molecule has 1 atom stereocenters. The molecule has 1 aromatic carbocycles. The van der Waals surface area contributed by atoms with Gasteiger partial charge >= 0.3 is 0 Å². The number of carbonyl (C=O) groups is 1. The van der Waals surface area contributed by atoms with E-state index in [9.17, 15) is 4.79 Å². The third-order valence-electron chi connectivity index (χ3n) is 2.53. The number of carbonyl (C=O) groups excluding carboxylic acids is 1. The molecule has 0 fully saturated rings. The van der Waals surface area contributed by atoms with Gasteiger partial charge in [0.15, 0.2) is 0 Å². The van der Waals surface area contributed by atoms with Crippen LogP contribution in [-0.2, 0) is 11.2 Å². The highest BCUT2D eigenvalue weighted by molar-refractivity contribution is 9.09. The molecule has 94 valence electrons. The molecule has 2 nitrogen and oxygen atoms in total. The maximum absolute atomic E-state index is 11.9.